The quantitative estimate of drug-likeness (QED) is 0.376. The van der Waals surface area contributed by atoms with E-state index in [0.29, 0.717) is 11.3 Å². The van der Waals surface area contributed by atoms with Gasteiger partial charge < -0.3 is 14.7 Å². The van der Waals surface area contributed by atoms with Crippen molar-refractivity contribution in [2.75, 3.05) is 7.11 Å². The monoisotopic (exact) mass is 413 g/mol. The number of amides is 1. The highest BCUT2D eigenvalue weighted by molar-refractivity contribution is 6.46. The summed E-state index contributed by atoms with van der Waals surface area (Å²) < 4.78 is 5.24. The van der Waals surface area contributed by atoms with Gasteiger partial charge in [-0.15, -0.1) is 0 Å². The highest BCUT2D eigenvalue weighted by Crippen LogP contribution is 2.40. The summed E-state index contributed by atoms with van der Waals surface area (Å²) in [5, 5.41) is 11.1. The normalized spacial score (nSPS) is 17.7. The predicted molar refractivity (Wildman–Crippen MR) is 118 cm³/mol. The highest BCUT2D eigenvalue weighted by atomic mass is 16.5. The Labute approximate surface area is 181 Å². The molecular formula is C26H23NO4. The first kappa shape index (κ1) is 20.4. The van der Waals surface area contributed by atoms with Crippen LogP contribution in [-0.4, -0.2) is 28.8 Å². The lowest BCUT2D eigenvalue weighted by Gasteiger charge is -2.25. The van der Waals surface area contributed by atoms with Crippen LogP contribution in [0.3, 0.4) is 0 Å². The molecule has 3 aromatic rings. The van der Waals surface area contributed by atoms with Crippen LogP contribution in [0, 0.1) is 6.92 Å². The Morgan fingerprint density at radius 2 is 1.58 bits per heavy atom. The molecule has 1 heterocycles. The molecular weight excluding hydrogens is 390 g/mol. The third-order valence-corrected chi connectivity index (χ3v) is 5.49. The molecule has 1 aliphatic rings. The summed E-state index contributed by atoms with van der Waals surface area (Å²) in [6.07, 6.45) is 0. The van der Waals surface area contributed by atoms with E-state index in [1.807, 2.05) is 61.5 Å². The number of carbonyl (C=O) groups excluding carboxylic acids is 2. The molecule has 5 heteroatoms. The number of hydrogen-bond donors (Lipinski definition) is 1. The van der Waals surface area contributed by atoms with E-state index in [2.05, 4.69) is 0 Å². The number of aryl methyl sites for hydroxylation is 1. The zero-order chi connectivity index (χ0) is 22.0. The summed E-state index contributed by atoms with van der Waals surface area (Å²) in [6.45, 7) is 2.20. The number of likely N-dealkylation sites (tertiary alicyclic amines) is 1. The molecule has 0 bridgehead atoms. The van der Waals surface area contributed by atoms with Crippen LogP contribution < -0.4 is 4.74 Å². The van der Waals surface area contributed by atoms with Gasteiger partial charge in [-0.3, -0.25) is 9.59 Å². The first-order valence-corrected chi connectivity index (χ1v) is 10.0. The Morgan fingerprint density at radius 3 is 2.19 bits per heavy atom. The van der Waals surface area contributed by atoms with Crippen LogP contribution in [0.1, 0.15) is 28.3 Å². The second-order valence-electron chi connectivity index (χ2n) is 7.55. The Morgan fingerprint density at radius 1 is 0.935 bits per heavy atom. The van der Waals surface area contributed by atoms with Gasteiger partial charge in [0.05, 0.1) is 18.7 Å². The van der Waals surface area contributed by atoms with E-state index in [4.69, 9.17) is 4.74 Å². The van der Waals surface area contributed by atoms with Crippen LogP contribution >= 0.6 is 0 Å². The summed E-state index contributed by atoms with van der Waals surface area (Å²) in [4.78, 5) is 27.6. The number of nitrogens with zero attached hydrogens (tertiary/aromatic N) is 1. The minimum atomic E-state index is -0.701. The second-order valence-corrected chi connectivity index (χ2v) is 7.55. The van der Waals surface area contributed by atoms with Gasteiger partial charge in [-0.2, -0.15) is 0 Å². The molecule has 0 radical (unpaired) electrons. The number of ether oxygens (including phenoxy) is 1. The minimum Gasteiger partial charge on any atom is -0.507 e. The first-order valence-electron chi connectivity index (χ1n) is 10.0. The number of methoxy groups -OCH3 is 1. The Hall–Kier alpha value is -3.86. The Bertz CT molecular complexity index is 1130. The summed E-state index contributed by atoms with van der Waals surface area (Å²) in [5.74, 6) is -0.815. The van der Waals surface area contributed by atoms with Crippen molar-refractivity contribution in [1.82, 2.24) is 4.90 Å². The zero-order valence-corrected chi connectivity index (χ0v) is 17.4. The molecule has 156 valence electrons. The maximum absolute atomic E-state index is 13.1. The molecule has 0 spiro atoms. The smallest absolute Gasteiger partial charge is 0.295 e. The van der Waals surface area contributed by atoms with Crippen molar-refractivity contribution in [2.45, 2.75) is 19.5 Å². The SMILES string of the molecule is COc1ccc(C2/C(=C(\O)c3ccc(C)cc3)C(=O)C(=O)N2Cc2ccccc2)cc1. The van der Waals surface area contributed by atoms with Gasteiger partial charge in [0.15, 0.2) is 0 Å². The van der Waals surface area contributed by atoms with Gasteiger partial charge in [0, 0.05) is 12.1 Å². The van der Waals surface area contributed by atoms with E-state index in [0.717, 1.165) is 16.7 Å². The molecule has 1 N–H and O–H groups in total. The topological polar surface area (TPSA) is 66.8 Å². The van der Waals surface area contributed by atoms with Gasteiger partial charge in [0.25, 0.3) is 11.7 Å². The number of ketones is 1. The molecule has 1 amide bonds. The van der Waals surface area contributed by atoms with Crippen molar-refractivity contribution < 1.29 is 19.4 Å². The molecule has 1 fully saturated rings. The van der Waals surface area contributed by atoms with Gasteiger partial charge in [0.1, 0.15) is 11.5 Å². The number of aliphatic hydroxyl groups is 1. The number of rotatable bonds is 5. The third kappa shape index (κ3) is 3.94. The van der Waals surface area contributed by atoms with E-state index in [9.17, 15) is 14.7 Å². The fraction of sp³-hybridized carbons (Fsp3) is 0.154. The second kappa shape index (κ2) is 8.48. The molecule has 0 saturated carbocycles. The fourth-order valence-electron chi connectivity index (χ4n) is 3.82. The van der Waals surface area contributed by atoms with E-state index in [1.54, 1.807) is 31.4 Å². The number of carbonyl (C=O) groups is 2. The lowest BCUT2D eigenvalue weighted by atomic mass is 9.95. The zero-order valence-electron chi connectivity index (χ0n) is 17.4. The lowest BCUT2D eigenvalue weighted by Crippen LogP contribution is -2.29. The number of hydrogen-bond acceptors (Lipinski definition) is 4. The molecule has 5 nitrogen and oxygen atoms in total. The molecule has 31 heavy (non-hydrogen) atoms. The lowest BCUT2D eigenvalue weighted by molar-refractivity contribution is -0.140. The van der Waals surface area contributed by atoms with Gasteiger partial charge >= 0.3 is 0 Å². The van der Waals surface area contributed by atoms with E-state index in [-0.39, 0.29) is 17.9 Å². The molecule has 1 atom stereocenters. The average Bonchev–Trinajstić information content (AvgIpc) is 3.05. The van der Waals surface area contributed by atoms with Crippen LogP contribution in [0.4, 0.5) is 0 Å². The van der Waals surface area contributed by atoms with Gasteiger partial charge in [-0.05, 0) is 30.2 Å². The Kier molecular flexibility index (Phi) is 5.58. The van der Waals surface area contributed by atoms with Crippen LogP contribution in [-0.2, 0) is 16.1 Å². The van der Waals surface area contributed by atoms with Crippen molar-refractivity contribution in [2.24, 2.45) is 0 Å². The molecule has 4 rings (SSSR count). The van der Waals surface area contributed by atoms with E-state index < -0.39 is 17.7 Å². The fourth-order valence-corrected chi connectivity index (χ4v) is 3.82. The summed E-state index contributed by atoms with van der Waals surface area (Å²) >= 11 is 0. The maximum atomic E-state index is 13.1. The van der Waals surface area contributed by atoms with E-state index in [1.165, 1.54) is 4.90 Å². The van der Waals surface area contributed by atoms with Gasteiger partial charge in [-0.1, -0.05) is 72.3 Å². The highest BCUT2D eigenvalue weighted by Gasteiger charge is 2.46. The predicted octanol–water partition coefficient (Wildman–Crippen LogP) is 4.63. The molecule has 1 unspecified atom stereocenters. The van der Waals surface area contributed by atoms with Crippen LogP contribution in [0.2, 0.25) is 0 Å². The summed E-state index contributed by atoms with van der Waals surface area (Å²) in [7, 11) is 1.58. The summed E-state index contributed by atoms with van der Waals surface area (Å²) in [5.41, 5.74) is 3.26. The maximum Gasteiger partial charge on any atom is 0.295 e. The first-order chi connectivity index (χ1) is 15.0. The van der Waals surface area contributed by atoms with Crippen molar-refractivity contribution >= 4 is 17.4 Å². The number of aliphatic hydroxyl groups excluding tert-OH is 1. The Balaban J connectivity index is 1.85. The number of benzene rings is 3. The van der Waals surface area contributed by atoms with Crippen LogP contribution in [0.25, 0.3) is 5.76 Å². The van der Waals surface area contributed by atoms with Crippen molar-refractivity contribution in [3.8, 4) is 5.75 Å². The summed E-state index contributed by atoms with van der Waals surface area (Å²) in [6, 6.07) is 23.2. The molecule has 1 saturated heterocycles. The third-order valence-electron chi connectivity index (χ3n) is 5.49. The molecule has 3 aromatic carbocycles. The molecule has 0 aromatic heterocycles. The molecule has 1 aliphatic heterocycles. The molecule has 0 aliphatic carbocycles. The number of Topliss-reactive ketones (excluding diaryl/α,β-unsaturated/α-hetero) is 1. The van der Waals surface area contributed by atoms with Crippen LogP contribution in [0.15, 0.2) is 84.4 Å². The average molecular weight is 413 g/mol. The van der Waals surface area contributed by atoms with Crippen molar-refractivity contribution in [3.63, 3.8) is 0 Å². The largest absolute Gasteiger partial charge is 0.507 e. The van der Waals surface area contributed by atoms with Crippen molar-refractivity contribution in [3.05, 3.63) is 107 Å². The van der Waals surface area contributed by atoms with E-state index >= 15 is 0 Å². The van der Waals surface area contributed by atoms with Gasteiger partial charge in [0.2, 0.25) is 0 Å². The van der Waals surface area contributed by atoms with Crippen LogP contribution in [0.5, 0.6) is 5.75 Å². The standard InChI is InChI=1S/C26H23NO4/c1-17-8-10-20(11-9-17)24(28)22-23(19-12-14-21(31-2)15-13-19)27(26(30)25(22)29)16-18-6-4-3-5-7-18/h3-15,23,28H,16H2,1-2H3/b24-22+. The van der Waals surface area contributed by atoms with Crippen molar-refractivity contribution in [1.29, 1.82) is 0 Å². The van der Waals surface area contributed by atoms with Gasteiger partial charge in [-0.25, -0.2) is 0 Å². The minimum absolute atomic E-state index is 0.0925.